The molecule has 8 heavy (non-hydrogen) atoms. The van der Waals surface area contributed by atoms with Gasteiger partial charge in [0.05, 0.1) is 11.2 Å². The molecule has 0 saturated carbocycles. The van der Waals surface area contributed by atoms with E-state index in [9.17, 15) is 0 Å². The van der Waals surface area contributed by atoms with Crippen molar-refractivity contribution in [1.29, 1.82) is 0 Å². The Kier molecular flexibility index (Phi) is 6.25. The molecule has 0 fully saturated rings. The van der Waals surface area contributed by atoms with E-state index in [1.807, 2.05) is 7.05 Å². The van der Waals surface area contributed by atoms with E-state index >= 15 is 0 Å². The quantitative estimate of drug-likeness (QED) is 0.573. The van der Waals surface area contributed by atoms with Crippen molar-refractivity contribution < 1.29 is 4.74 Å². The molecule has 0 aliphatic carbocycles. The molecule has 50 valence electrons. The lowest BCUT2D eigenvalue weighted by atomic mass is 10.4. The summed E-state index contributed by atoms with van der Waals surface area (Å²) in [5.41, 5.74) is 0. The fourth-order valence-electron chi connectivity index (χ4n) is 0.305. The summed E-state index contributed by atoms with van der Waals surface area (Å²) in [5, 5.41) is 3.07. The maximum Gasteiger partial charge on any atom is 0.0980 e. The molecule has 3 heteroatoms. The number of likely N-dealkylation sites (N-methyl/N-ethyl adjacent to an activating group) is 1. The van der Waals surface area contributed by atoms with Crippen molar-refractivity contribution in [3.63, 3.8) is 0 Å². The standard InChI is InChI=1S/C5H12INO/c1-5(7-2)3-8-4-6/h5,7H,3-4H2,1-2H3. The molecule has 0 aliphatic heterocycles. The predicted octanol–water partition coefficient (Wildman–Crippen LogP) is 1.00. The minimum atomic E-state index is 0.477. The average Bonchev–Trinajstić information content (AvgIpc) is 1.83. The highest BCUT2D eigenvalue weighted by molar-refractivity contribution is 14.1. The van der Waals surface area contributed by atoms with Gasteiger partial charge < -0.3 is 10.1 Å². The highest BCUT2D eigenvalue weighted by Gasteiger charge is 1.93. The van der Waals surface area contributed by atoms with Gasteiger partial charge in [-0.15, -0.1) is 0 Å². The highest BCUT2D eigenvalue weighted by atomic mass is 127. The van der Waals surface area contributed by atoms with Crippen LogP contribution in [0.15, 0.2) is 0 Å². The molecular weight excluding hydrogens is 217 g/mol. The molecule has 1 N–H and O–H groups in total. The number of ether oxygens (including phenoxy) is 1. The molecule has 0 aliphatic rings. The van der Waals surface area contributed by atoms with Gasteiger partial charge in [-0.25, -0.2) is 0 Å². The van der Waals surface area contributed by atoms with E-state index in [0.29, 0.717) is 6.04 Å². The molecule has 0 saturated heterocycles. The largest absolute Gasteiger partial charge is 0.370 e. The zero-order valence-electron chi connectivity index (χ0n) is 5.28. The van der Waals surface area contributed by atoms with Crippen LogP contribution in [0.1, 0.15) is 6.92 Å². The third-order valence-electron chi connectivity index (χ3n) is 0.938. The third-order valence-corrected chi connectivity index (χ3v) is 1.38. The van der Waals surface area contributed by atoms with Gasteiger partial charge in [0, 0.05) is 6.04 Å². The minimum Gasteiger partial charge on any atom is -0.370 e. The topological polar surface area (TPSA) is 21.3 Å². The normalized spacial score (nSPS) is 13.9. The maximum absolute atomic E-state index is 5.11. The van der Waals surface area contributed by atoms with Crippen LogP contribution in [0.5, 0.6) is 0 Å². The van der Waals surface area contributed by atoms with Gasteiger partial charge in [-0.1, -0.05) is 22.6 Å². The molecular formula is C5H12INO. The van der Waals surface area contributed by atoms with Crippen molar-refractivity contribution in [2.45, 2.75) is 13.0 Å². The second-order valence-corrected chi connectivity index (χ2v) is 2.29. The zero-order valence-corrected chi connectivity index (χ0v) is 7.44. The van der Waals surface area contributed by atoms with Gasteiger partial charge in [-0.2, -0.15) is 0 Å². The molecule has 0 bridgehead atoms. The Bertz CT molecular complexity index is 51.7. The fraction of sp³-hybridized carbons (Fsp3) is 1.00. The number of nitrogens with one attached hydrogen (secondary N) is 1. The highest BCUT2D eigenvalue weighted by Crippen LogP contribution is 1.86. The molecule has 1 unspecified atom stereocenters. The lowest BCUT2D eigenvalue weighted by Crippen LogP contribution is -2.26. The van der Waals surface area contributed by atoms with Gasteiger partial charge in [-0.05, 0) is 14.0 Å². The molecule has 2 nitrogen and oxygen atoms in total. The summed E-state index contributed by atoms with van der Waals surface area (Å²) in [6.45, 7) is 2.89. The number of alkyl halides is 1. The molecule has 0 aromatic heterocycles. The Labute approximate surface area is 64.1 Å². The van der Waals surface area contributed by atoms with Crippen molar-refractivity contribution >= 4 is 22.6 Å². The monoisotopic (exact) mass is 229 g/mol. The fourth-order valence-corrected chi connectivity index (χ4v) is 0.559. The Morgan fingerprint density at radius 1 is 1.75 bits per heavy atom. The Morgan fingerprint density at radius 3 is 2.75 bits per heavy atom. The first kappa shape index (κ1) is 8.65. The second-order valence-electron chi connectivity index (χ2n) is 1.67. The summed E-state index contributed by atoms with van der Waals surface area (Å²) < 4.78 is 5.89. The van der Waals surface area contributed by atoms with E-state index in [4.69, 9.17) is 4.74 Å². The number of halogens is 1. The summed E-state index contributed by atoms with van der Waals surface area (Å²) in [4.78, 5) is 0. The molecule has 0 aromatic carbocycles. The van der Waals surface area contributed by atoms with Crippen molar-refractivity contribution in [1.82, 2.24) is 5.32 Å². The summed E-state index contributed by atoms with van der Waals surface area (Å²) in [5.74, 6) is 0. The maximum atomic E-state index is 5.11. The van der Waals surface area contributed by atoms with E-state index in [0.717, 1.165) is 11.2 Å². The van der Waals surface area contributed by atoms with Crippen LogP contribution >= 0.6 is 22.6 Å². The van der Waals surface area contributed by atoms with E-state index in [1.54, 1.807) is 0 Å². The summed E-state index contributed by atoms with van der Waals surface area (Å²) in [6, 6.07) is 0.477. The van der Waals surface area contributed by atoms with E-state index in [2.05, 4.69) is 34.8 Å². The van der Waals surface area contributed by atoms with Crippen molar-refractivity contribution in [2.24, 2.45) is 0 Å². The first-order valence-electron chi connectivity index (χ1n) is 2.62. The molecule has 0 heterocycles. The molecule has 0 aromatic rings. The van der Waals surface area contributed by atoms with Crippen LogP contribution in [0.4, 0.5) is 0 Å². The van der Waals surface area contributed by atoms with Crippen LogP contribution in [-0.4, -0.2) is 24.3 Å². The van der Waals surface area contributed by atoms with Crippen LogP contribution in [0, 0.1) is 0 Å². The van der Waals surface area contributed by atoms with Gasteiger partial charge in [0.2, 0.25) is 0 Å². The SMILES string of the molecule is CNC(C)COCI. The number of hydrogen-bond acceptors (Lipinski definition) is 2. The lowest BCUT2D eigenvalue weighted by molar-refractivity contribution is 0.168. The molecule has 0 radical (unpaired) electrons. The van der Waals surface area contributed by atoms with Gasteiger partial charge in [0.25, 0.3) is 0 Å². The van der Waals surface area contributed by atoms with E-state index in [-0.39, 0.29) is 0 Å². The van der Waals surface area contributed by atoms with Crippen molar-refractivity contribution in [3.8, 4) is 0 Å². The smallest absolute Gasteiger partial charge is 0.0980 e. The summed E-state index contributed by atoms with van der Waals surface area (Å²) >= 11 is 2.19. The first-order chi connectivity index (χ1) is 3.81. The van der Waals surface area contributed by atoms with Crippen molar-refractivity contribution in [2.75, 3.05) is 18.3 Å². The zero-order chi connectivity index (χ0) is 6.41. The van der Waals surface area contributed by atoms with E-state index in [1.165, 1.54) is 0 Å². The third kappa shape index (κ3) is 4.80. The van der Waals surface area contributed by atoms with Gasteiger partial charge in [-0.3, -0.25) is 0 Å². The molecule has 0 amide bonds. The van der Waals surface area contributed by atoms with Crippen molar-refractivity contribution in [3.05, 3.63) is 0 Å². The summed E-state index contributed by atoms with van der Waals surface area (Å²) in [6.07, 6.45) is 0. The number of rotatable bonds is 4. The molecule has 0 rings (SSSR count). The summed E-state index contributed by atoms with van der Waals surface area (Å²) in [7, 11) is 1.93. The second kappa shape index (κ2) is 5.78. The Hall–Kier alpha value is 0.650. The van der Waals surface area contributed by atoms with Crippen LogP contribution in [0.2, 0.25) is 0 Å². The predicted molar refractivity (Wildman–Crippen MR) is 43.4 cm³/mol. The molecule has 0 spiro atoms. The van der Waals surface area contributed by atoms with Crippen LogP contribution in [0.25, 0.3) is 0 Å². The first-order valence-corrected chi connectivity index (χ1v) is 4.14. The van der Waals surface area contributed by atoms with Gasteiger partial charge in [0.15, 0.2) is 0 Å². The van der Waals surface area contributed by atoms with E-state index < -0.39 is 0 Å². The van der Waals surface area contributed by atoms with Gasteiger partial charge >= 0.3 is 0 Å². The number of hydrogen-bond donors (Lipinski definition) is 1. The lowest BCUT2D eigenvalue weighted by Gasteiger charge is -2.07. The Balaban J connectivity index is 2.86. The average molecular weight is 229 g/mol. The van der Waals surface area contributed by atoms with Crippen LogP contribution < -0.4 is 5.32 Å². The van der Waals surface area contributed by atoms with Crippen LogP contribution in [0.3, 0.4) is 0 Å². The minimum absolute atomic E-state index is 0.477. The molecule has 1 atom stereocenters. The van der Waals surface area contributed by atoms with Crippen LogP contribution in [-0.2, 0) is 4.74 Å². The van der Waals surface area contributed by atoms with Gasteiger partial charge in [0.1, 0.15) is 0 Å². The Morgan fingerprint density at radius 2 is 2.38 bits per heavy atom.